The largest absolute Gasteiger partial charge is 0.381 e. The van der Waals surface area contributed by atoms with Crippen LogP contribution in [0.3, 0.4) is 0 Å². The summed E-state index contributed by atoms with van der Waals surface area (Å²) in [6.07, 6.45) is 4.06. The van der Waals surface area contributed by atoms with Gasteiger partial charge in [-0.3, -0.25) is 9.89 Å². The van der Waals surface area contributed by atoms with Crippen molar-refractivity contribution in [2.75, 3.05) is 26.3 Å². The molecule has 5 nitrogen and oxygen atoms in total. The number of nitrogens with one attached hydrogen (secondary N) is 1. The van der Waals surface area contributed by atoms with E-state index >= 15 is 0 Å². The van der Waals surface area contributed by atoms with Crippen molar-refractivity contribution in [2.45, 2.75) is 39.5 Å². The highest BCUT2D eigenvalue weighted by atomic mass is 16.5. The Morgan fingerprint density at radius 2 is 2.35 bits per heavy atom. The molecule has 2 heterocycles. The van der Waals surface area contributed by atoms with E-state index in [4.69, 9.17) is 4.74 Å². The molecule has 0 saturated carbocycles. The van der Waals surface area contributed by atoms with Gasteiger partial charge in [0, 0.05) is 31.3 Å². The minimum atomic E-state index is 0.0431. The average Bonchev–Trinajstić information content (AvgIpc) is 3.08. The van der Waals surface area contributed by atoms with E-state index in [1.807, 2.05) is 11.0 Å². The van der Waals surface area contributed by atoms with Crippen molar-refractivity contribution in [3.05, 3.63) is 17.5 Å². The molecule has 0 aromatic carbocycles. The van der Waals surface area contributed by atoms with E-state index in [1.54, 1.807) is 0 Å². The minimum absolute atomic E-state index is 0.0431. The van der Waals surface area contributed by atoms with Crippen molar-refractivity contribution in [3.8, 4) is 0 Å². The third-order valence-electron chi connectivity index (χ3n) is 3.64. The van der Waals surface area contributed by atoms with Crippen molar-refractivity contribution >= 4 is 5.91 Å². The molecule has 0 radical (unpaired) electrons. The molecule has 0 aliphatic carbocycles. The number of carbonyl (C=O) groups is 1. The van der Waals surface area contributed by atoms with E-state index < -0.39 is 0 Å². The lowest BCUT2D eigenvalue weighted by atomic mass is 10.1. The Labute approximate surface area is 120 Å². The maximum atomic E-state index is 12.3. The first-order valence-corrected chi connectivity index (χ1v) is 7.65. The van der Waals surface area contributed by atoms with Gasteiger partial charge >= 0.3 is 0 Å². The number of aromatic amines is 1. The molecule has 1 aliphatic heterocycles. The number of aromatic nitrogens is 2. The second-order valence-corrected chi connectivity index (χ2v) is 5.51. The van der Waals surface area contributed by atoms with E-state index in [-0.39, 0.29) is 5.91 Å². The summed E-state index contributed by atoms with van der Waals surface area (Å²) < 4.78 is 5.58. The number of nitrogens with zero attached hydrogens (tertiary/aromatic N) is 2. The van der Waals surface area contributed by atoms with Gasteiger partial charge in [-0.05, 0) is 25.3 Å². The van der Waals surface area contributed by atoms with E-state index in [1.165, 1.54) is 0 Å². The summed E-state index contributed by atoms with van der Waals surface area (Å²) in [6.45, 7) is 7.40. The molecule has 1 aromatic heterocycles. The van der Waals surface area contributed by atoms with E-state index in [0.29, 0.717) is 11.6 Å². The minimum Gasteiger partial charge on any atom is -0.381 e. The number of aryl methyl sites for hydroxylation is 1. The Morgan fingerprint density at radius 1 is 1.50 bits per heavy atom. The summed E-state index contributed by atoms with van der Waals surface area (Å²) >= 11 is 0. The number of rotatable bonds is 7. The lowest BCUT2D eigenvalue weighted by Gasteiger charge is -2.15. The molecule has 1 N–H and O–H groups in total. The summed E-state index contributed by atoms with van der Waals surface area (Å²) in [5.74, 6) is 0.515. The topological polar surface area (TPSA) is 58.2 Å². The molecular formula is C15H25N3O2. The van der Waals surface area contributed by atoms with Gasteiger partial charge in [-0.25, -0.2) is 0 Å². The summed E-state index contributed by atoms with van der Waals surface area (Å²) in [4.78, 5) is 14.2. The zero-order valence-corrected chi connectivity index (χ0v) is 12.5. The van der Waals surface area contributed by atoms with Gasteiger partial charge < -0.3 is 9.64 Å². The van der Waals surface area contributed by atoms with Crippen molar-refractivity contribution < 1.29 is 9.53 Å². The van der Waals surface area contributed by atoms with E-state index in [9.17, 15) is 4.79 Å². The highest BCUT2D eigenvalue weighted by Gasteiger charge is 2.28. The van der Waals surface area contributed by atoms with Crippen LogP contribution < -0.4 is 0 Å². The molecule has 2 rings (SSSR count). The number of ether oxygens (including phenoxy) is 1. The molecule has 1 fully saturated rings. The highest BCUT2D eigenvalue weighted by Crippen LogP contribution is 2.19. The van der Waals surface area contributed by atoms with Crippen LogP contribution in [0.2, 0.25) is 0 Å². The second kappa shape index (κ2) is 7.43. The van der Waals surface area contributed by atoms with Crippen LogP contribution in [0.5, 0.6) is 0 Å². The summed E-state index contributed by atoms with van der Waals surface area (Å²) in [7, 11) is 0. The predicted octanol–water partition coefficient (Wildman–Crippen LogP) is 2.25. The molecule has 1 aromatic rings. The molecule has 0 spiro atoms. The van der Waals surface area contributed by atoms with Gasteiger partial charge in [0.25, 0.3) is 5.91 Å². The maximum Gasteiger partial charge on any atom is 0.274 e. The number of carbonyl (C=O) groups excluding carboxylic acids is 1. The van der Waals surface area contributed by atoms with Crippen molar-refractivity contribution in [1.29, 1.82) is 0 Å². The van der Waals surface area contributed by atoms with Gasteiger partial charge in [0.2, 0.25) is 0 Å². The lowest BCUT2D eigenvalue weighted by Crippen LogP contribution is -2.29. The quantitative estimate of drug-likeness (QED) is 0.779. The number of likely N-dealkylation sites (tertiary alicyclic amines) is 1. The molecule has 1 amide bonds. The molecule has 1 aliphatic rings. The van der Waals surface area contributed by atoms with Crippen LogP contribution in [-0.2, 0) is 11.2 Å². The van der Waals surface area contributed by atoms with Gasteiger partial charge in [0.15, 0.2) is 0 Å². The molecule has 20 heavy (non-hydrogen) atoms. The van der Waals surface area contributed by atoms with Crippen molar-refractivity contribution in [1.82, 2.24) is 15.1 Å². The SMILES string of the molecule is CCCOC[C@@H]1CCN(C(=O)c2cc(CCC)[nH]n2)C1. The van der Waals surface area contributed by atoms with Crippen molar-refractivity contribution in [2.24, 2.45) is 5.92 Å². The molecule has 1 saturated heterocycles. The number of amides is 1. The Hall–Kier alpha value is -1.36. The number of hydrogen-bond acceptors (Lipinski definition) is 3. The maximum absolute atomic E-state index is 12.3. The first kappa shape index (κ1) is 15.0. The van der Waals surface area contributed by atoms with Crippen LogP contribution in [0, 0.1) is 5.92 Å². The molecular weight excluding hydrogens is 254 g/mol. The van der Waals surface area contributed by atoms with Crippen LogP contribution in [-0.4, -0.2) is 47.3 Å². The highest BCUT2D eigenvalue weighted by molar-refractivity contribution is 5.92. The van der Waals surface area contributed by atoms with Gasteiger partial charge in [-0.15, -0.1) is 0 Å². The fourth-order valence-corrected chi connectivity index (χ4v) is 2.58. The van der Waals surface area contributed by atoms with E-state index in [0.717, 1.165) is 57.7 Å². The summed E-state index contributed by atoms with van der Waals surface area (Å²) in [5.41, 5.74) is 1.58. The standard InChI is InChI=1S/C15H25N3O2/c1-3-5-13-9-14(17-16-13)15(19)18-7-6-12(10-18)11-20-8-4-2/h9,12H,3-8,10-11H2,1-2H3,(H,16,17)/t12-/m1/s1. The van der Waals surface area contributed by atoms with Crippen LogP contribution in [0.1, 0.15) is 49.3 Å². The Bertz CT molecular complexity index is 431. The zero-order valence-electron chi connectivity index (χ0n) is 12.5. The number of hydrogen-bond donors (Lipinski definition) is 1. The van der Waals surface area contributed by atoms with Gasteiger partial charge in [-0.2, -0.15) is 5.10 Å². The molecule has 112 valence electrons. The molecule has 1 atom stereocenters. The first-order valence-electron chi connectivity index (χ1n) is 7.65. The number of H-pyrrole nitrogens is 1. The lowest BCUT2D eigenvalue weighted by molar-refractivity contribution is 0.0749. The smallest absolute Gasteiger partial charge is 0.274 e. The van der Waals surface area contributed by atoms with Gasteiger partial charge in [0.1, 0.15) is 5.69 Å². The van der Waals surface area contributed by atoms with Gasteiger partial charge in [-0.1, -0.05) is 20.3 Å². The fourth-order valence-electron chi connectivity index (χ4n) is 2.58. The second-order valence-electron chi connectivity index (χ2n) is 5.51. The van der Waals surface area contributed by atoms with Gasteiger partial charge in [0.05, 0.1) is 6.61 Å². The van der Waals surface area contributed by atoms with Crippen LogP contribution in [0.15, 0.2) is 6.07 Å². The Balaban J connectivity index is 1.83. The fraction of sp³-hybridized carbons (Fsp3) is 0.733. The zero-order chi connectivity index (χ0) is 14.4. The summed E-state index contributed by atoms with van der Waals surface area (Å²) in [6, 6.07) is 1.88. The molecule has 0 bridgehead atoms. The normalized spacial score (nSPS) is 18.7. The monoisotopic (exact) mass is 279 g/mol. The van der Waals surface area contributed by atoms with E-state index in [2.05, 4.69) is 24.0 Å². The van der Waals surface area contributed by atoms with Crippen molar-refractivity contribution in [3.63, 3.8) is 0 Å². The first-order chi connectivity index (χ1) is 9.74. The van der Waals surface area contributed by atoms with Crippen LogP contribution in [0.25, 0.3) is 0 Å². The van der Waals surface area contributed by atoms with Crippen LogP contribution in [0.4, 0.5) is 0 Å². The third kappa shape index (κ3) is 3.82. The molecule has 0 unspecified atom stereocenters. The summed E-state index contributed by atoms with van der Waals surface area (Å²) in [5, 5.41) is 7.07. The molecule has 5 heteroatoms. The third-order valence-corrected chi connectivity index (χ3v) is 3.64. The average molecular weight is 279 g/mol. The predicted molar refractivity (Wildman–Crippen MR) is 77.7 cm³/mol. The Morgan fingerprint density at radius 3 is 3.10 bits per heavy atom. The van der Waals surface area contributed by atoms with Crippen LogP contribution >= 0.6 is 0 Å². The Kier molecular flexibility index (Phi) is 5.59.